The Balaban J connectivity index is 1.88. The number of thioether (sulfide) groups is 1. The molecule has 0 aliphatic heterocycles. The molecule has 3 unspecified atom stereocenters. The highest BCUT2D eigenvalue weighted by atomic mass is 32.2. The Hall–Kier alpha value is -1.00. The Morgan fingerprint density at radius 2 is 2.00 bits per heavy atom. The number of rotatable bonds is 6. The lowest BCUT2D eigenvalue weighted by molar-refractivity contribution is -0.114. The van der Waals surface area contributed by atoms with E-state index in [4.69, 9.17) is 0 Å². The summed E-state index contributed by atoms with van der Waals surface area (Å²) in [5.41, 5.74) is 0.869. The smallest absolute Gasteiger partial charge is 0.221 e. The van der Waals surface area contributed by atoms with Gasteiger partial charge in [-0.15, -0.1) is 11.8 Å². The molecular formula is C17H26N2OS. The fraction of sp³-hybridized carbons (Fsp3) is 0.588. The molecule has 0 heterocycles. The Labute approximate surface area is 132 Å². The minimum Gasteiger partial charge on any atom is -0.326 e. The first-order valence-corrected chi connectivity index (χ1v) is 8.75. The van der Waals surface area contributed by atoms with E-state index in [-0.39, 0.29) is 5.91 Å². The van der Waals surface area contributed by atoms with Crippen LogP contribution < -0.4 is 10.6 Å². The third kappa shape index (κ3) is 4.75. The van der Waals surface area contributed by atoms with Gasteiger partial charge in [0.05, 0.1) is 0 Å². The van der Waals surface area contributed by atoms with Crippen molar-refractivity contribution in [2.75, 3.05) is 11.9 Å². The fourth-order valence-corrected chi connectivity index (χ4v) is 4.21. The number of carbonyl (C=O) groups is 1. The second kappa shape index (κ2) is 7.85. The molecule has 21 heavy (non-hydrogen) atoms. The van der Waals surface area contributed by atoms with Crippen LogP contribution in [0.1, 0.15) is 40.0 Å². The molecule has 3 atom stereocenters. The van der Waals surface area contributed by atoms with E-state index in [0.717, 1.165) is 12.2 Å². The largest absolute Gasteiger partial charge is 0.326 e. The van der Waals surface area contributed by atoms with Crippen molar-refractivity contribution in [2.24, 2.45) is 5.92 Å². The molecule has 0 bridgehead atoms. The van der Waals surface area contributed by atoms with Crippen LogP contribution in [-0.4, -0.2) is 23.7 Å². The van der Waals surface area contributed by atoms with Gasteiger partial charge in [-0.05, 0) is 56.0 Å². The molecule has 1 aromatic rings. The summed E-state index contributed by atoms with van der Waals surface area (Å²) in [4.78, 5) is 12.3. The van der Waals surface area contributed by atoms with Crippen molar-refractivity contribution in [2.45, 2.75) is 56.2 Å². The van der Waals surface area contributed by atoms with Crippen molar-refractivity contribution in [3.8, 4) is 0 Å². The number of anilines is 1. The molecule has 2 N–H and O–H groups in total. The van der Waals surface area contributed by atoms with Gasteiger partial charge in [0.2, 0.25) is 5.91 Å². The highest BCUT2D eigenvalue weighted by Gasteiger charge is 2.32. The predicted octanol–water partition coefficient (Wildman–Crippen LogP) is 3.90. The minimum absolute atomic E-state index is 0.0235. The topological polar surface area (TPSA) is 41.1 Å². The summed E-state index contributed by atoms with van der Waals surface area (Å²) in [6.45, 7) is 7.24. The first-order chi connectivity index (χ1) is 10.1. The lowest BCUT2D eigenvalue weighted by atomic mass is 10.1. The number of nitrogens with one attached hydrogen (secondary N) is 2. The number of hydrogen-bond donors (Lipinski definition) is 2. The number of benzene rings is 1. The average molecular weight is 306 g/mol. The van der Waals surface area contributed by atoms with Gasteiger partial charge < -0.3 is 10.6 Å². The van der Waals surface area contributed by atoms with Gasteiger partial charge >= 0.3 is 0 Å². The number of hydrogen-bond acceptors (Lipinski definition) is 3. The van der Waals surface area contributed by atoms with Crippen LogP contribution in [0, 0.1) is 5.92 Å². The van der Waals surface area contributed by atoms with Crippen molar-refractivity contribution in [1.82, 2.24) is 5.32 Å². The lowest BCUT2D eigenvalue weighted by Gasteiger charge is -2.21. The van der Waals surface area contributed by atoms with E-state index in [1.807, 2.05) is 23.9 Å². The van der Waals surface area contributed by atoms with E-state index in [1.165, 1.54) is 31.1 Å². The first-order valence-electron chi connectivity index (χ1n) is 7.88. The number of amides is 1. The SMILES string of the molecule is CCCNC1CCC(Sc2ccc(NC(C)=O)cc2)C1C. The molecular weight excluding hydrogens is 280 g/mol. The molecule has 1 fully saturated rings. The summed E-state index contributed by atoms with van der Waals surface area (Å²) < 4.78 is 0. The van der Waals surface area contributed by atoms with Gasteiger partial charge in [-0.25, -0.2) is 0 Å². The molecule has 4 heteroatoms. The second-order valence-electron chi connectivity index (χ2n) is 5.86. The molecule has 0 radical (unpaired) electrons. The van der Waals surface area contributed by atoms with Gasteiger partial charge in [0.25, 0.3) is 0 Å². The monoisotopic (exact) mass is 306 g/mol. The zero-order chi connectivity index (χ0) is 15.2. The molecule has 1 aromatic carbocycles. The first kappa shape index (κ1) is 16.4. The quantitative estimate of drug-likeness (QED) is 0.837. The Morgan fingerprint density at radius 1 is 1.29 bits per heavy atom. The molecule has 1 aliphatic carbocycles. The standard InChI is InChI=1S/C17H26N2OS/c1-4-11-18-16-9-10-17(12(16)2)21-15-7-5-14(6-8-15)19-13(3)20/h5-8,12,16-18H,4,9-11H2,1-3H3,(H,19,20). The van der Waals surface area contributed by atoms with E-state index >= 15 is 0 Å². The summed E-state index contributed by atoms with van der Waals surface area (Å²) in [6.07, 6.45) is 3.76. The van der Waals surface area contributed by atoms with E-state index < -0.39 is 0 Å². The van der Waals surface area contributed by atoms with Crippen molar-refractivity contribution in [1.29, 1.82) is 0 Å². The zero-order valence-corrected chi connectivity index (χ0v) is 14.0. The third-order valence-corrected chi connectivity index (χ3v) is 5.61. The predicted molar refractivity (Wildman–Crippen MR) is 90.9 cm³/mol. The lowest BCUT2D eigenvalue weighted by Crippen LogP contribution is -2.33. The molecule has 0 aromatic heterocycles. The molecule has 0 saturated heterocycles. The number of carbonyl (C=O) groups excluding carboxylic acids is 1. The van der Waals surface area contributed by atoms with E-state index in [0.29, 0.717) is 17.2 Å². The fourth-order valence-electron chi connectivity index (χ4n) is 2.91. The van der Waals surface area contributed by atoms with Crippen LogP contribution in [0.2, 0.25) is 0 Å². The summed E-state index contributed by atoms with van der Waals surface area (Å²) in [5.74, 6) is 0.682. The van der Waals surface area contributed by atoms with Gasteiger partial charge in [0, 0.05) is 28.8 Å². The molecule has 0 spiro atoms. The summed E-state index contributed by atoms with van der Waals surface area (Å²) in [7, 11) is 0. The summed E-state index contributed by atoms with van der Waals surface area (Å²) in [6, 6.07) is 8.85. The van der Waals surface area contributed by atoms with Crippen LogP contribution in [0.4, 0.5) is 5.69 Å². The molecule has 3 nitrogen and oxygen atoms in total. The maximum absolute atomic E-state index is 11.0. The second-order valence-corrected chi connectivity index (χ2v) is 7.17. The van der Waals surface area contributed by atoms with Gasteiger partial charge in [0.15, 0.2) is 0 Å². The van der Waals surface area contributed by atoms with E-state index in [2.05, 4.69) is 36.6 Å². The molecule has 116 valence electrons. The van der Waals surface area contributed by atoms with Crippen molar-refractivity contribution in [3.05, 3.63) is 24.3 Å². The van der Waals surface area contributed by atoms with E-state index in [9.17, 15) is 4.79 Å². The van der Waals surface area contributed by atoms with Gasteiger partial charge in [-0.2, -0.15) is 0 Å². The summed E-state index contributed by atoms with van der Waals surface area (Å²) >= 11 is 1.97. The average Bonchev–Trinajstić information content (AvgIpc) is 2.79. The third-order valence-electron chi connectivity index (χ3n) is 4.10. The minimum atomic E-state index is -0.0235. The molecule has 2 rings (SSSR count). The zero-order valence-electron chi connectivity index (χ0n) is 13.2. The van der Waals surface area contributed by atoms with E-state index in [1.54, 1.807) is 0 Å². The Bertz CT molecular complexity index is 460. The van der Waals surface area contributed by atoms with Crippen molar-refractivity contribution < 1.29 is 4.79 Å². The Kier molecular flexibility index (Phi) is 6.12. The summed E-state index contributed by atoms with van der Waals surface area (Å²) in [5, 5.41) is 7.16. The van der Waals surface area contributed by atoms with Crippen LogP contribution in [-0.2, 0) is 4.79 Å². The normalized spacial score (nSPS) is 25.0. The molecule has 1 saturated carbocycles. The van der Waals surface area contributed by atoms with Crippen LogP contribution in [0.5, 0.6) is 0 Å². The molecule has 1 amide bonds. The van der Waals surface area contributed by atoms with Gasteiger partial charge in [0.1, 0.15) is 0 Å². The van der Waals surface area contributed by atoms with Crippen LogP contribution in [0.25, 0.3) is 0 Å². The molecule has 1 aliphatic rings. The highest BCUT2D eigenvalue weighted by molar-refractivity contribution is 8.00. The Morgan fingerprint density at radius 3 is 2.62 bits per heavy atom. The highest BCUT2D eigenvalue weighted by Crippen LogP contribution is 2.39. The van der Waals surface area contributed by atoms with Crippen LogP contribution in [0.3, 0.4) is 0 Å². The van der Waals surface area contributed by atoms with Crippen molar-refractivity contribution in [3.63, 3.8) is 0 Å². The maximum atomic E-state index is 11.0. The van der Waals surface area contributed by atoms with Gasteiger partial charge in [-0.3, -0.25) is 4.79 Å². The van der Waals surface area contributed by atoms with Crippen LogP contribution >= 0.6 is 11.8 Å². The maximum Gasteiger partial charge on any atom is 0.221 e. The van der Waals surface area contributed by atoms with Gasteiger partial charge in [-0.1, -0.05) is 13.8 Å². The van der Waals surface area contributed by atoms with Crippen molar-refractivity contribution >= 4 is 23.4 Å². The van der Waals surface area contributed by atoms with Crippen LogP contribution in [0.15, 0.2) is 29.2 Å².